The van der Waals surface area contributed by atoms with E-state index in [1.165, 1.54) is 14.2 Å². The summed E-state index contributed by atoms with van der Waals surface area (Å²) in [6, 6.07) is 3.12. The van der Waals surface area contributed by atoms with Gasteiger partial charge < -0.3 is 19.7 Å². The van der Waals surface area contributed by atoms with E-state index in [0.29, 0.717) is 22.2 Å². The van der Waals surface area contributed by atoms with Gasteiger partial charge in [-0.2, -0.15) is 0 Å². The first-order chi connectivity index (χ1) is 10.5. The number of carbonyl (C=O) groups is 2. The molecule has 1 aromatic rings. The monoisotopic (exact) mass is 326 g/mol. The van der Waals surface area contributed by atoms with Crippen molar-refractivity contribution in [2.75, 3.05) is 32.6 Å². The predicted octanol–water partition coefficient (Wildman–Crippen LogP) is 2.31. The van der Waals surface area contributed by atoms with E-state index in [-0.39, 0.29) is 18.2 Å². The maximum Gasteiger partial charge on any atom is 0.233 e. The summed E-state index contributed by atoms with van der Waals surface area (Å²) in [6.07, 6.45) is 1.80. The number of ether oxygens (including phenoxy) is 2. The van der Waals surface area contributed by atoms with Crippen LogP contribution in [-0.2, 0) is 9.59 Å². The van der Waals surface area contributed by atoms with Gasteiger partial charge in [-0.15, -0.1) is 0 Å². The topological polar surface area (TPSA) is 67.9 Å². The maximum atomic E-state index is 12.0. The molecule has 1 N–H and O–H groups in total. The van der Waals surface area contributed by atoms with Crippen LogP contribution in [-0.4, -0.2) is 44.0 Å². The highest BCUT2D eigenvalue weighted by atomic mass is 35.5. The Morgan fingerprint density at radius 3 is 2.41 bits per heavy atom. The Labute approximate surface area is 134 Å². The number of likely N-dealkylation sites (tertiary alicyclic amines) is 1. The number of carbonyl (C=O) groups excluding carboxylic acids is 2. The number of nitrogens with one attached hydrogen (secondary N) is 1. The lowest BCUT2D eigenvalue weighted by atomic mass is 10.2. The maximum absolute atomic E-state index is 12.0. The van der Waals surface area contributed by atoms with E-state index >= 15 is 0 Å². The predicted molar refractivity (Wildman–Crippen MR) is 83.6 cm³/mol. The molecule has 0 atom stereocenters. The van der Waals surface area contributed by atoms with Crippen molar-refractivity contribution in [2.45, 2.75) is 19.3 Å². The molecule has 0 radical (unpaired) electrons. The number of amides is 2. The molecule has 1 heterocycles. The van der Waals surface area contributed by atoms with E-state index in [1.807, 2.05) is 0 Å². The molecule has 0 unspecified atom stereocenters. The Balaban J connectivity index is 2.05. The normalized spacial score (nSPS) is 13.9. The summed E-state index contributed by atoms with van der Waals surface area (Å²) in [5.41, 5.74) is 0.419. The van der Waals surface area contributed by atoms with Crippen molar-refractivity contribution in [1.82, 2.24) is 4.90 Å². The lowest BCUT2D eigenvalue weighted by molar-refractivity contribution is -0.133. The van der Waals surface area contributed by atoms with Gasteiger partial charge in [-0.1, -0.05) is 11.6 Å². The first kappa shape index (κ1) is 16.4. The van der Waals surface area contributed by atoms with Crippen LogP contribution < -0.4 is 14.8 Å². The minimum Gasteiger partial charge on any atom is -0.495 e. The molecule has 1 saturated heterocycles. The molecule has 22 heavy (non-hydrogen) atoms. The van der Waals surface area contributed by atoms with Crippen LogP contribution in [0.4, 0.5) is 5.69 Å². The number of methoxy groups -OCH3 is 2. The fourth-order valence-corrected chi connectivity index (χ4v) is 2.60. The third-order valence-corrected chi connectivity index (χ3v) is 3.81. The average molecular weight is 327 g/mol. The minimum absolute atomic E-state index is 0.158. The molecule has 7 heteroatoms. The molecule has 6 nitrogen and oxygen atoms in total. The van der Waals surface area contributed by atoms with Crippen molar-refractivity contribution in [3.05, 3.63) is 17.2 Å². The number of halogens is 1. The van der Waals surface area contributed by atoms with Gasteiger partial charge in [0.05, 0.1) is 24.9 Å². The zero-order valence-electron chi connectivity index (χ0n) is 12.6. The van der Waals surface area contributed by atoms with E-state index in [0.717, 1.165) is 25.9 Å². The van der Waals surface area contributed by atoms with Gasteiger partial charge in [-0.25, -0.2) is 0 Å². The van der Waals surface area contributed by atoms with Crippen LogP contribution in [0.25, 0.3) is 0 Å². The molecule has 0 aliphatic carbocycles. The summed E-state index contributed by atoms with van der Waals surface area (Å²) in [6.45, 7) is 1.45. The van der Waals surface area contributed by atoms with Gasteiger partial charge in [0.2, 0.25) is 11.8 Å². The van der Waals surface area contributed by atoms with Crippen LogP contribution in [0.1, 0.15) is 19.3 Å². The van der Waals surface area contributed by atoms with Crippen molar-refractivity contribution in [1.29, 1.82) is 0 Å². The molecule has 2 amide bonds. The molecule has 0 saturated carbocycles. The van der Waals surface area contributed by atoms with Crippen molar-refractivity contribution >= 4 is 29.1 Å². The van der Waals surface area contributed by atoms with Gasteiger partial charge in [0, 0.05) is 25.2 Å². The third-order valence-electron chi connectivity index (χ3n) is 3.52. The molecule has 0 spiro atoms. The average Bonchev–Trinajstić information content (AvgIpc) is 3.02. The number of hydrogen-bond acceptors (Lipinski definition) is 4. The number of benzene rings is 1. The fraction of sp³-hybridized carbons (Fsp3) is 0.467. The quantitative estimate of drug-likeness (QED) is 0.843. The van der Waals surface area contributed by atoms with Crippen LogP contribution in [0.5, 0.6) is 11.5 Å². The Morgan fingerprint density at radius 2 is 1.82 bits per heavy atom. The molecule has 1 fully saturated rings. The van der Waals surface area contributed by atoms with Crippen molar-refractivity contribution in [3.63, 3.8) is 0 Å². The Bertz CT molecular complexity index is 571. The minimum atomic E-state index is -0.389. The van der Waals surface area contributed by atoms with E-state index in [4.69, 9.17) is 21.1 Å². The van der Waals surface area contributed by atoms with Crippen molar-refractivity contribution < 1.29 is 19.1 Å². The smallest absolute Gasteiger partial charge is 0.233 e. The van der Waals surface area contributed by atoms with Crippen LogP contribution in [0, 0.1) is 0 Å². The lowest BCUT2D eigenvalue weighted by Crippen LogP contribution is -2.31. The van der Waals surface area contributed by atoms with Crippen LogP contribution in [0.2, 0.25) is 5.02 Å². The highest BCUT2D eigenvalue weighted by Crippen LogP contribution is 2.35. The highest BCUT2D eigenvalue weighted by Gasteiger charge is 2.21. The standard InChI is InChI=1S/C15H19ClN2O4/c1-21-12-8-11(13(22-2)7-10(12)16)17-14(19)9-15(20)18-5-3-4-6-18/h7-8H,3-6,9H2,1-2H3,(H,17,19). The first-order valence-electron chi connectivity index (χ1n) is 7.04. The zero-order chi connectivity index (χ0) is 16.1. The highest BCUT2D eigenvalue weighted by molar-refractivity contribution is 6.32. The van der Waals surface area contributed by atoms with E-state index < -0.39 is 0 Å². The fourth-order valence-electron chi connectivity index (χ4n) is 2.37. The summed E-state index contributed by atoms with van der Waals surface area (Å²) in [4.78, 5) is 25.7. The summed E-state index contributed by atoms with van der Waals surface area (Å²) in [5, 5.41) is 3.05. The Morgan fingerprint density at radius 1 is 1.18 bits per heavy atom. The molecule has 120 valence electrons. The largest absolute Gasteiger partial charge is 0.495 e. The van der Waals surface area contributed by atoms with Gasteiger partial charge >= 0.3 is 0 Å². The van der Waals surface area contributed by atoms with Crippen LogP contribution in [0.3, 0.4) is 0 Å². The number of nitrogens with zero attached hydrogens (tertiary/aromatic N) is 1. The number of rotatable bonds is 5. The molecular formula is C15H19ClN2O4. The summed E-state index contributed by atoms with van der Waals surface area (Å²) >= 11 is 6.01. The number of hydrogen-bond donors (Lipinski definition) is 1. The second-order valence-corrected chi connectivity index (χ2v) is 5.41. The van der Waals surface area contributed by atoms with Gasteiger partial charge in [0.1, 0.15) is 17.9 Å². The molecule has 1 aliphatic heterocycles. The second-order valence-electron chi connectivity index (χ2n) is 5.00. The lowest BCUT2D eigenvalue weighted by Gasteiger charge is -2.16. The summed E-state index contributed by atoms with van der Waals surface area (Å²) in [5.74, 6) is 0.283. The number of anilines is 1. The first-order valence-corrected chi connectivity index (χ1v) is 7.42. The van der Waals surface area contributed by atoms with E-state index in [1.54, 1.807) is 17.0 Å². The SMILES string of the molecule is COc1cc(NC(=O)CC(=O)N2CCCC2)c(OC)cc1Cl. The van der Waals surface area contributed by atoms with Crippen LogP contribution >= 0.6 is 11.6 Å². The van der Waals surface area contributed by atoms with Crippen molar-refractivity contribution in [2.24, 2.45) is 0 Å². The molecule has 0 aromatic heterocycles. The molecule has 2 rings (SSSR count). The van der Waals surface area contributed by atoms with Crippen LogP contribution in [0.15, 0.2) is 12.1 Å². The van der Waals surface area contributed by atoms with E-state index in [2.05, 4.69) is 5.32 Å². The zero-order valence-corrected chi connectivity index (χ0v) is 13.4. The Kier molecular flexibility index (Phi) is 5.49. The van der Waals surface area contributed by atoms with Crippen molar-refractivity contribution in [3.8, 4) is 11.5 Å². The van der Waals surface area contributed by atoms with Gasteiger partial charge in [0.25, 0.3) is 0 Å². The van der Waals surface area contributed by atoms with Gasteiger partial charge in [-0.3, -0.25) is 9.59 Å². The summed E-state index contributed by atoms with van der Waals surface area (Å²) in [7, 11) is 2.96. The van der Waals surface area contributed by atoms with E-state index in [9.17, 15) is 9.59 Å². The molecule has 0 bridgehead atoms. The molecule has 1 aliphatic rings. The molecular weight excluding hydrogens is 308 g/mol. The Hall–Kier alpha value is -1.95. The summed E-state index contributed by atoms with van der Waals surface area (Å²) < 4.78 is 10.3. The van der Waals surface area contributed by atoms with Gasteiger partial charge in [0.15, 0.2) is 0 Å². The molecule has 1 aromatic carbocycles. The third kappa shape index (κ3) is 3.82. The second kappa shape index (κ2) is 7.35. The van der Waals surface area contributed by atoms with Gasteiger partial charge in [-0.05, 0) is 12.8 Å².